The molecule has 1 fully saturated rings. The Kier molecular flexibility index (Phi) is 8.30. The van der Waals surface area contributed by atoms with Crippen molar-refractivity contribution in [1.82, 2.24) is 5.32 Å². The van der Waals surface area contributed by atoms with Gasteiger partial charge in [-0.2, -0.15) is 5.10 Å². The van der Waals surface area contributed by atoms with Gasteiger partial charge in [-0.25, -0.2) is 0 Å². The monoisotopic (exact) mass is 377 g/mol. The van der Waals surface area contributed by atoms with Crippen LogP contribution in [0.5, 0.6) is 0 Å². The number of carbonyl (C=O) groups is 2. The largest absolute Gasteiger partial charge is 0.481 e. The second-order valence-corrected chi connectivity index (χ2v) is 6.99. The van der Waals surface area contributed by atoms with Crippen LogP contribution in [0.1, 0.15) is 43.7 Å². The highest BCUT2D eigenvalue weighted by molar-refractivity contribution is 8.15. The van der Waals surface area contributed by atoms with Gasteiger partial charge in [0, 0.05) is 12.2 Å². The summed E-state index contributed by atoms with van der Waals surface area (Å²) >= 11 is 1.08. The quantitative estimate of drug-likeness (QED) is 0.371. The zero-order valence-corrected chi connectivity index (χ0v) is 15.5. The van der Waals surface area contributed by atoms with Gasteiger partial charge < -0.3 is 15.2 Å². The van der Waals surface area contributed by atoms with Gasteiger partial charge in [-0.3, -0.25) is 9.59 Å². The van der Waals surface area contributed by atoms with Crippen LogP contribution < -0.4 is 5.32 Å². The molecule has 1 aliphatic heterocycles. The van der Waals surface area contributed by atoms with Gasteiger partial charge in [0.25, 0.3) is 0 Å². The number of benzene rings is 1. The molecule has 8 heteroatoms. The third-order valence-corrected chi connectivity index (χ3v) is 4.76. The zero-order valence-electron chi connectivity index (χ0n) is 14.7. The van der Waals surface area contributed by atoms with Gasteiger partial charge in [0.1, 0.15) is 5.25 Å². The molecule has 1 amide bonds. The standard InChI is InChI=1S/C18H23N3O4S/c1-2-3-6-9-25-12-14-8-5-4-7-13(14)11-19-21-18-20-17(24)15(26-18)10-16(22)23/h4-5,7-8,11,15H,2-3,6,9-10,12H2,1H3,(H,22,23)(H,20,21,24). The van der Waals surface area contributed by atoms with Crippen molar-refractivity contribution in [2.45, 2.75) is 44.5 Å². The number of thioether (sulfide) groups is 1. The first-order valence-corrected chi connectivity index (χ1v) is 9.44. The maximum Gasteiger partial charge on any atom is 0.305 e. The van der Waals surface area contributed by atoms with E-state index in [4.69, 9.17) is 9.84 Å². The topological polar surface area (TPSA) is 100 Å². The van der Waals surface area contributed by atoms with Crippen LogP contribution in [0.4, 0.5) is 0 Å². The Morgan fingerprint density at radius 3 is 2.96 bits per heavy atom. The number of nitrogens with zero attached hydrogens (tertiary/aromatic N) is 2. The Balaban J connectivity index is 1.92. The molecule has 1 saturated heterocycles. The first kappa shape index (κ1) is 20.1. The summed E-state index contributed by atoms with van der Waals surface area (Å²) in [6, 6.07) is 7.74. The Hall–Kier alpha value is -2.19. The molecule has 0 spiro atoms. The van der Waals surface area contributed by atoms with E-state index in [2.05, 4.69) is 22.4 Å². The van der Waals surface area contributed by atoms with Crippen LogP contribution >= 0.6 is 11.8 Å². The van der Waals surface area contributed by atoms with Crippen LogP contribution in [0, 0.1) is 0 Å². The zero-order chi connectivity index (χ0) is 18.8. The molecule has 1 heterocycles. The number of rotatable bonds is 10. The third kappa shape index (κ3) is 6.61. The van der Waals surface area contributed by atoms with Gasteiger partial charge in [-0.05, 0) is 12.0 Å². The summed E-state index contributed by atoms with van der Waals surface area (Å²) in [5.74, 6) is -1.37. The smallest absolute Gasteiger partial charge is 0.305 e. The van der Waals surface area contributed by atoms with Crippen molar-refractivity contribution in [3.8, 4) is 0 Å². The molecular formula is C18H23N3O4S. The summed E-state index contributed by atoms with van der Waals surface area (Å²) in [6.07, 6.45) is 4.74. The van der Waals surface area contributed by atoms with Crippen molar-refractivity contribution in [3.63, 3.8) is 0 Å². The maximum atomic E-state index is 11.7. The molecule has 0 aliphatic carbocycles. The van der Waals surface area contributed by atoms with Crippen molar-refractivity contribution in [2.75, 3.05) is 6.61 Å². The van der Waals surface area contributed by atoms with Gasteiger partial charge in [-0.15, -0.1) is 5.10 Å². The summed E-state index contributed by atoms with van der Waals surface area (Å²) in [7, 11) is 0. The van der Waals surface area contributed by atoms with Gasteiger partial charge >= 0.3 is 5.97 Å². The van der Waals surface area contributed by atoms with E-state index in [-0.39, 0.29) is 12.3 Å². The first-order valence-electron chi connectivity index (χ1n) is 8.56. The molecule has 2 N–H and O–H groups in total. The summed E-state index contributed by atoms with van der Waals surface area (Å²) < 4.78 is 5.69. The van der Waals surface area contributed by atoms with Crippen LogP contribution in [0.15, 0.2) is 34.5 Å². The minimum Gasteiger partial charge on any atom is -0.481 e. The predicted octanol–water partition coefficient (Wildman–Crippen LogP) is 2.79. The average Bonchev–Trinajstić information content (AvgIpc) is 2.95. The van der Waals surface area contributed by atoms with Crippen LogP contribution in [0.3, 0.4) is 0 Å². The Labute approximate surface area is 156 Å². The van der Waals surface area contributed by atoms with E-state index >= 15 is 0 Å². The molecule has 1 aliphatic rings. The Morgan fingerprint density at radius 1 is 1.38 bits per heavy atom. The summed E-state index contributed by atoms with van der Waals surface area (Å²) in [4.78, 5) is 22.4. The number of ether oxygens (including phenoxy) is 1. The molecule has 2 rings (SSSR count). The van der Waals surface area contributed by atoms with Crippen LogP contribution in [0.25, 0.3) is 0 Å². The van der Waals surface area contributed by atoms with Crippen molar-refractivity contribution >= 4 is 35.0 Å². The first-order chi connectivity index (χ1) is 12.6. The number of aliphatic carboxylic acids is 1. The van der Waals surface area contributed by atoms with E-state index in [1.165, 1.54) is 0 Å². The number of carboxylic acid groups (broad SMARTS) is 1. The number of amidine groups is 1. The van der Waals surface area contributed by atoms with Crippen LogP contribution in [-0.2, 0) is 20.9 Å². The number of carbonyl (C=O) groups excluding carboxylic acids is 1. The van der Waals surface area contributed by atoms with E-state index in [9.17, 15) is 9.59 Å². The van der Waals surface area contributed by atoms with Crippen LogP contribution in [-0.4, -0.2) is 40.2 Å². The fourth-order valence-corrected chi connectivity index (χ4v) is 3.23. The molecule has 7 nitrogen and oxygen atoms in total. The van der Waals surface area contributed by atoms with E-state index in [1.807, 2.05) is 24.3 Å². The lowest BCUT2D eigenvalue weighted by molar-refractivity contribution is -0.138. The fourth-order valence-electron chi connectivity index (χ4n) is 2.32. The number of hydrogen-bond acceptors (Lipinski definition) is 6. The van der Waals surface area contributed by atoms with Gasteiger partial charge in [0.15, 0.2) is 5.17 Å². The molecule has 26 heavy (non-hydrogen) atoms. The van der Waals surface area contributed by atoms with Crippen molar-refractivity contribution in [2.24, 2.45) is 10.2 Å². The van der Waals surface area contributed by atoms with Crippen molar-refractivity contribution in [1.29, 1.82) is 0 Å². The van der Waals surface area contributed by atoms with E-state index < -0.39 is 11.2 Å². The lowest BCUT2D eigenvalue weighted by Crippen LogP contribution is -2.26. The Bertz CT molecular complexity index is 691. The summed E-state index contributed by atoms with van der Waals surface area (Å²) in [5.41, 5.74) is 1.91. The second kappa shape index (κ2) is 10.7. The van der Waals surface area contributed by atoms with E-state index in [0.717, 1.165) is 48.8 Å². The minimum atomic E-state index is -1.02. The molecule has 1 atom stereocenters. The lowest BCUT2D eigenvalue weighted by atomic mass is 10.1. The molecule has 0 bridgehead atoms. The van der Waals surface area contributed by atoms with Crippen molar-refractivity contribution in [3.05, 3.63) is 35.4 Å². The normalized spacial score (nSPS) is 18.6. The molecule has 1 unspecified atom stereocenters. The molecule has 1 aromatic carbocycles. The second-order valence-electron chi connectivity index (χ2n) is 5.80. The lowest BCUT2D eigenvalue weighted by Gasteiger charge is -2.06. The summed E-state index contributed by atoms with van der Waals surface area (Å²) in [5, 5.41) is 18.9. The number of amides is 1. The summed E-state index contributed by atoms with van der Waals surface area (Å²) in [6.45, 7) is 3.39. The highest BCUT2D eigenvalue weighted by Crippen LogP contribution is 2.22. The molecule has 0 saturated carbocycles. The maximum absolute atomic E-state index is 11.7. The van der Waals surface area contributed by atoms with Crippen LogP contribution in [0.2, 0.25) is 0 Å². The SMILES string of the molecule is CCCCCOCc1ccccc1C=NN=C1NC(=O)C(CC(=O)O)S1. The number of unbranched alkanes of at least 4 members (excludes halogenated alkanes) is 2. The number of hydrogen-bond donors (Lipinski definition) is 2. The minimum absolute atomic E-state index is 0.239. The molecule has 0 radical (unpaired) electrons. The average molecular weight is 377 g/mol. The van der Waals surface area contributed by atoms with Gasteiger partial charge in [-0.1, -0.05) is 55.8 Å². The van der Waals surface area contributed by atoms with Crippen molar-refractivity contribution < 1.29 is 19.4 Å². The number of nitrogens with one attached hydrogen (secondary N) is 1. The molecule has 1 aromatic rings. The third-order valence-electron chi connectivity index (χ3n) is 3.69. The number of carboxylic acids is 1. The molecule has 140 valence electrons. The highest BCUT2D eigenvalue weighted by atomic mass is 32.2. The van der Waals surface area contributed by atoms with E-state index in [0.29, 0.717) is 11.8 Å². The van der Waals surface area contributed by atoms with Gasteiger partial charge in [0.2, 0.25) is 5.91 Å². The molecular weight excluding hydrogens is 354 g/mol. The van der Waals surface area contributed by atoms with E-state index in [1.54, 1.807) is 6.21 Å². The predicted molar refractivity (Wildman–Crippen MR) is 102 cm³/mol. The highest BCUT2D eigenvalue weighted by Gasteiger charge is 2.32. The molecule has 0 aromatic heterocycles. The fraction of sp³-hybridized carbons (Fsp3) is 0.444. The Morgan fingerprint density at radius 2 is 2.19 bits per heavy atom. The van der Waals surface area contributed by atoms with Gasteiger partial charge in [0.05, 0.1) is 19.2 Å².